The fraction of sp³-hybridized carbons (Fsp3) is 0.286. The lowest BCUT2D eigenvalue weighted by molar-refractivity contribution is -0.149. The van der Waals surface area contributed by atoms with Gasteiger partial charge in [-0.1, -0.05) is 24.3 Å². The van der Waals surface area contributed by atoms with Crippen LogP contribution >= 0.6 is 0 Å². The number of aromatic amines is 1. The van der Waals surface area contributed by atoms with E-state index in [1.54, 1.807) is 7.11 Å². The predicted molar refractivity (Wildman–Crippen MR) is 100 cm³/mol. The van der Waals surface area contributed by atoms with Crippen LogP contribution in [0, 0.1) is 6.92 Å². The van der Waals surface area contributed by atoms with Crippen molar-refractivity contribution in [3.05, 3.63) is 64.8 Å². The monoisotopic (exact) mass is 350 g/mol. The Hall–Kier alpha value is -2.79. The summed E-state index contributed by atoms with van der Waals surface area (Å²) in [6, 6.07) is 13.9. The maximum absolute atomic E-state index is 12.9. The number of nitrogens with one attached hydrogen (secondary N) is 2. The van der Waals surface area contributed by atoms with Gasteiger partial charge in [-0.05, 0) is 41.8 Å². The first-order valence-electron chi connectivity index (χ1n) is 8.66. The number of esters is 1. The topological polar surface area (TPSA) is 63.4 Å². The van der Waals surface area contributed by atoms with Crippen LogP contribution in [0.4, 0.5) is 0 Å². The van der Waals surface area contributed by atoms with Gasteiger partial charge in [0.15, 0.2) is 0 Å². The first-order valence-corrected chi connectivity index (χ1v) is 8.66. The zero-order chi connectivity index (χ0) is 18.3. The fourth-order valence-corrected chi connectivity index (χ4v) is 4.00. The van der Waals surface area contributed by atoms with Crippen LogP contribution in [-0.2, 0) is 28.0 Å². The Kier molecular flexibility index (Phi) is 3.96. The molecule has 5 heteroatoms. The van der Waals surface area contributed by atoms with E-state index < -0.39 is 5.54 Å². The van der Waals surface area contributed by atoms with Crippen LogP contribution in [0.5, 0.6) is 5.75 Å². The molecule has 3 aromatic rings. The van der Waals surface area contributed by atoms with Crippen molar-refractivity contribution in [1.82, 2.24) is 10.3 Å². The molecule has 1 aliphatic rings. The number of carbonyl (C=O) groups is 1. The summed E-state index contributed by atoms with van der Waals surface area (Å²) >= 11 is 0. The van der Waals surface area contributed by atoms with Gasteiger partial charge in [0.25, 0.3) is 0 Å². The number of ether oxygens (including phenoxy) is 2. The number of hydrogen-bond donors (Lipinski definition) is 2. The van der Waals surface area contributed by atoms with Crippen LogP contribution in [0.15, 0.2) is 42.5 Å². The molecule has 4 rings (SSSR count). The number of rotatable bonds is 3. The molecule has 5 nitrogen and oxygen atoms in total. The lowest BCUT2D eigenvalue weighted by Crippen LogP contribution is -2.54. The fourth-order valence-electron chi connectivity index (χ4n) is 4.00. The van der Waals surface area contributed by atoms with Crippen molar-refractivity contribution < 1.29 is 14.3 Å². The molecule has 26 heavy (non-hydrogen) atoms. The lowest BCUT2D eigenvalue weighted by Gasteiger charge is -2.37. The van der Waals surface area contributed by atoms with E-state index in [2.05, 4.69) is 10.3 Å². The molecule has 1 aliphatic heterocycles. The van der Waals surface area contributed by atoms with Gasteiger partial charge in [-0.3, -0.25) is 5.32 Å². The quantitative estimate of drug-likeness (QED) is 0.712. The van der Waals surface area contributed by atoms with E-state index in [-0.39, 0.29) is 5.97 Å². The summed E-state index contributed by atoms with van der Waals surface area (Å²) in [6.07, 6.45) is 0.521. The molecule has 0 amide bonds. The van der Waals surface area contributed by atoms with Crippen molar-refractivity contribution >= 4 is 16.9 Å². The molecule has 0 saturated heterocycles. The van der Waals surface area contributed by atoms with Gasteiger partial charge in [0.05, 0.1) is 14.2 Å². The van der Waals surface area contributed by atoms with Crippen LogP contribution in [0.25, 0.3) is 10.9 Å². The van der Waals surface area contributed by atoms with Crippen molar-refractivity contribution in [1.29, 1.82) is 0 Å². The summed E-state index contributed by atoms with van der Waals surface area (Å²) in [5.74, 6) is 0.534. The molecular formula is C21H22N2O3. The average molecular weight is 350 g/mol. The third kappa shape index (κ3) is 2.39. The van der Waals surface area contributed by atoms with Gasteiger partial charge in [0.2, 0.25) is 0 Å². The number of aromatic nitrogens is 1. The van der Waals surface area contributed by atoms with Gasteiger partial charge in [0.1, 0.15) is 11.3 Å². The molecule has 2 aromatic carbocycles. The van der Waals surface area contributed by atoms with Crippen LogP contribution in [-0.4, -0.2) is 25.2 Å². The Morgan fingerprint density at radius 2 is 1.96 bits per heavy atom. The minimum atomic E-state index is -0.898. The highest BCUT2D eigenvalue weighted by Crippen LogP contribution is 2.38. The summed E-state index contributed by atoms with van der Waals surface area (Å²) < 4.78 is 10.6. The molecule has 0 spiro atoms. The minimum Gasteiger partial charge on any atom is -0.497 e. The molecule has 0 aliphatic carbocycles. The smallest absolute Gasteiger partial charge is 0.331 e. The van der Waals surface area contributed by atoms with E-state index >= 15 is 0 Å². The molecule has 0 bridgehead atoms. The summed E-state index contributed by atoms with van der Waals surface area (Å²) in [5, 5.41) is 4.53. The Balaban J connectivity index is 1.90. The molecule has 2 N–H and O–H groups in total. The number of H-pyrrole nitrogens is 1. The lowest BCUT2D eigenvalue weighted by atomic mass is 9.78. The van der Waals surface area contributed by atoms with Crippen LogP contribution in [0.2, 0.25) is 0 Å². The first kappa shape index (κ1) is 16.7. The Morgan fingerprint density at radius 1 is 1.15 bits per heavy atom. The third-order valence-electron chi connectivity index (χ3n) is 5.35. The summed E-state index contributed by atoms with van der Waals surface area (Å²) in [4.78, 5) is 16.4. The van der Waals surface area contributed by atoms with E-state index in [0.717, 1.165) is 39.0 Å². The van der Waals surface area contributed by atoms with Crippen molar-refractivity contribution in [3.63, 3.8) is 0 Å². The van der Waals surface area contributed by atoms with Crippen LogP contribution < -0.4 is 10.1 Å². The molecule has 0 saturated carbocycles. The van der Waals surface area contributed by atoms with Crippen molar-refractivity contribution in [3.8, 4) is 5.75 Å². The van der Waals surface area contributed by atoms with Gasteiger partial charge in [-0.2, -0.15) is 0 Å². The normalized spacial score (nSPS) is 19.2. The van der Waals surface area contributed by atoms with Gasteiger partial charge in [0, 0.05) is 29.6 Å². The molecule has 0 radical (unpaired) electrons. The number of benzene rings is 2. The molecule has 1 unspecified atom stereocenters. The van der Waals surface area contributed by atoms with Gasteiger partial charge in [-0.15, -0.1) is 0 Å². The summed E-state index contributed by atoms with van der Waals surface area (Å²) in [7, 11) is 3.10. The number of fused-ring (bicyclic) bond motifs is 3. The van der Waals surface area contributed by atoms with Crippen molar-refractivity contribution in [2.24, 2.45) is 0 Å². The SMILES string of the molecule is COC(=O)C1(c2ccccc2C)Cc2c([nH]c3ccc(OC)cc23)CN1. The standard InChI is InChI=1S/C21H22N2O3/c1-13-6-4-5-7-17(13)21(20(24)26-3)11-16-15-10-14(25-2)8-9-18(15)23-19(16)12-22-21/h4-10,22-23H,11-12H2,1-3H3. The van der Waals surface area contributed by atoms with E-state index in [4.69, 9.17) is 9.47 Å². The Labute approximate surface area is 152 Å². The zero-order valence-corrected chi connectivity index (χ0v) is 15.2. The van der Waals surface area contributed by atoms with Gasteiger partial charge in [-0.25, -0.2) is 4.79 Å². The van der Waals surface area contributed by atoms with Crippen LogP contribution in [0.1, 0.15) is 22.4 Å². The van der Waals surface area contributed by atoms with E-state index in [1.807, 2.05) is 49.4 Å². The van der Waals surface area contributed by atoms with E-state index in [0.29, 0.717) is 13.0 Å². The van der Waals surface area contributed by atoms with Crippen molar-refractivity contribution in [2.45, 2.75) is 25.4 Å². The molecule has 2 heterocycles. The Bertz CT molecular complexity index is 992. The second-order valence-corrected chi connectivity index (χ2v) is 6.74. The zero-order valence-electron chi connectivity index (χ0n) is 15.2. The van der Waals surface area contributed by atoms with E-state index in [9.17, 15) is 4.79 Å². The maximum Gasteiger partial charge on any atom is 0.331 e. The predicted octanol–water partition coefficient (Wildman–Crippen LogP) is 3.20. The van der Waals surface area contributed by atoms with Gasteiger partial charge >= 0.3 is 5.97 Å². The molecule has 1 aromatic heterocycles. The first-order chi connectivity index (χ1) is 12.6. The molecular weight excluding hydrogens is 328 g/mol. The van der Waals surface area contributed by atoms with Gasteiger partial charge < -0.3 is 14.5 Å². The molecule has 0 fully saturated rings. The summed E-state index contributed by atoms with van der Waals surface area (Å²) in [5.41, 5.74) is 4.39. The maximum atomic E-state index is 12.9. The van der Waals surface area contributed by atoms with E-state index in [1.165, 1.54) is 7.11 Å². The highest BCUT2D eigenvalue weighted by molar-refractivity contribution is 5.90. The number of methoxy groups -OCH3 is 2. The summed E-state index contributed by atoms with van der Waals surface area (Å²) in [6.45, 7) is 2.59. The molecule has 1 atom stereocenters. The second-order valence-electron chi connectivity index (χ2n) is 6.74. The number of carbonyl (C=O) groups excluding carboxylic acids is 1. The second kappa shape index (κ2) is 6.18. The third-order valence-corrected chi connectivity index (χ3v) is 5.35. The minimum absolute atomic E-state index is 0.269. The van der Waals surface area contributed by atoms with Crippen LogP contribution in [0.3, 0.4) is 0 Å². The average Bonchev–Trinajstić information content (AvgIpc) is 3.04. The number of hydrogen-bond acceptors (Lipinski definition) is 4. The number of aryl methyl sites for hydroxylation is 1. The van der Waals surface area contributed by atoms with Crippen molar-refractivity contribution in [2.75, 3.05) is 14.2 Å². The highest BCUT2D eigenvalue weighted by atomic mass is 16.5. The highest BCUT2D eigenvalue weighted by Gasteiger charge is 2.45. The Morgan fingerprint density at radius 3 is 2.69 bits per heavy atom. The molecule has 134 valence electrons. The largest absolute Gasteiger partial charge is 0.497 e.